The molecule has 1 amide bonds. The van der Waals surface area contributed by atoms with Gasteiger partial charge < -0.3 is 4.90 Å². The van der Waals surface area contributed by atoms with Crippen molar-refractivity contribution in [2.24, 2.45) is 0 Å². The number of hydrogen-bond donors (Lipinski definition) is 0. The number of sulfone groups is 1. The summed E-state index contributed by atoms with van der Waals surface area (Å²) in [6.07, 6.45) is 0.530. The number of aryl methyl sites for hydroxylation is 2. The largest absolute Gasteiger partial charge is 0.341 e. The molecule has 3 rings (SSSR count). The van der Waals surface area contributed by atoms with Crippen LogP contribution in [0.3, 0.4) is 0 Å². The van der Waals surface area contributed by atoms with E-state index in [2.05, 4.69) is 11.1 Å². The van der Waals surface area contributed by atoms with Gasteiger partial charge in [0.05, 0.1) is 27.8 Å². The minimum absolute atomic E-state index is 0.0589. The molecule has 1 atom stereocenters. The SMILES string of the molecule is Cc1cc(SCC(=O)N(C)[C@H]2CCS(=O)(=O)C2)nc2c(C)cccc12. The average Bonchev–Trinajstić information content (AvgIpc) is 2.93. The van der Waals surface area contributed by atoms with E-state index in [1.54, 1.807) is 11.9 Å². The summed E-state index contributed by atoms with van der Waals surface area (Å²) in [4.78, 5) is 18.7. The van der Waals surface area contributed by atoms with Crippen molar-refractivity contribution in [1.82, 2.24) is 9.88 Å². The molecule has 0 saturated carbocycles. The normalized spacial score (nSPS) is 19.2. The maximum atomic E-state index is 12.4. The Morgan fingerprint density at radius 3 is 2.76 bits per heavy atom. The second-order valence-electron chi connectivity index (χ2n) is 6.60. The van der Waals surface area contributed by atoms with E-state index < -0.39 is 9.84 Å². The number of benzene rings is 1. The molecule has 0 spiro atoms. The molecule has 0 radical (unpaired) electrons. The molecule has 0 N–H and O–H groups in total. The van der Waals surface area contributed by atoms with Crippen LogP contribution in [0.2, 0.25) is 0 Å². The molecule has 1 saturated heterocycles. The van der Waals surface area contributed by atoms with Gasteiger partial charge in [0.2, 0.25) is 5.91 Å². The van der Waals surface area contributed by atoms with Gasteiger partial charge in [-0.3, -0.25) is 4.79 Å². The third-order valence-electron chi connectivity index (χ3n) is 4.72. The molecule has 0 bridgehead atoms. The number of pyridine rings is 1. The highest BCUT2D eigenvalue weighted by Crippen LogP contribution is 2.26. The molecular formula is C18H22N2O3S2. The van der Waals surface area contributed by atoms with Gasteiger partial charge in [-0.05, 0) is 37.5 Å². The number of rotatable bonds is 4. The lowest BCUT2D eigenvalue weighted by Crippen LogP contribution is -2.38. The summed E-state index contributed by atoms with van der Waals surface area (Å²) < 4.78 is 23.2. The number of amides is 1. The van der Waals surface area contributed by atoms with Gasteiger partial charge in [-0.2, -0.15) is 0 Å². The van der Waals surface area contributed by atoms with Crippen molar-refractivity contribution in [2.45, 2.75) is 31.3 Å². The number of aromatic nitrogens is 1. The predicted octanol–water partition coefficient (Wildman–Crippen LogP) is 2.59. The first-order valence-corrected chi connectivity index (χ1v) is 11.0. The van der Waals surface area contributed by atoms with Crippen LogP contribution in [0, 0.1) is 13.8 Å². The number of hydrogen-bond acceptors (Lipinski definition) is 5. The van der Waals surface area contributed by atoms with Gasteiger partial charge >= 0.3 is 0 Å². The van der Waals surface area contributed by atoms with Crippen LogP contribution in [0.1, 0.15) is 17.5 Å². The average molecular weight is 379 g/mol. The van der Waals surface area contributed by atoms with Gasteiger partial charge in [0, 0.05) is 18.5 Å². The van der Waals surface area contributed by atoms with Gasteiger partial charge in [0.1, 0.15) is 0 Å². The first-order valence-electron chi connectivity index (χ1n) is 8.23. The zero-order chi connectivity index (χ0) is 18.2. The van der Waals surface area contributed by atoms with Crippen molar-refractivity contribution in [1.29, 1.82) is 0 Å². The van der Waals surface area contributed by atoms with Crippen LogP contribution < -0.4 is 0 Å². The summed E-state index contributed by atoms with van der Waals surface area (Å²) in [5.41, 5.74) is 3.22. The van der Waals surface area contributed by atoms with Gasteiger partial charge in [-0.15, -0.1) is 0 Å². The summed E-state index contributed by atoms with van der Waals surface area (Å²) in [6, 6.07) is 7.90. The number of nitrogens with zero attached hydrogens (tertiary/aromatic N) is 2. The number of thioether (sulfide) groups is 1. The molecule has 7 heteroatoms. The van der Waals surface area contributed by atoms with Crippen LogP contribution in [0.4, 0.5) is 0 Å². The van der Waals surface area contributed by atoms with E-state index in [4.69, 9.17) is 0 Å². The highest BCUT2D eigenvalue weighted by atomic mass is 32.2. The van der Waals surface area contributed by atoms with E-state index in [-0.39, 0.29) is 29.2 Å². The Bertz CT molecular complexity index is 925. The number of carbonyl (C=O) groups is 1. The van der Waals surface area contributed by atoms with Crippen molar-refractivity contribution in [3.05, 3.63) is 35.4 Å². The van der Waals surface area contributed by atoms with Crippen LogP contribution in [-0.2, 0) is 14.6 Å². The Labute approximate surface area is 152 Å². The molecule has 1 aromatic heterocycles. The van der Waals surface area contributed by atoms with Crippen molar-refractivity contribution >= 4 is 38.4 Å². The highest BCUT2D eigenvalue weighted by Gasteiger charge is 2.32. The van der Waals surface area contributed by atoms with Crippen LogP contribution in [0.15, 0.2) is 29.3 Å². The van der Waals surface area contributed by atoms with Gasteiger partial charge in [0.25, 0.3) is 0 Å². The maximum absolute atomic E-state index is 12.4. The fraction of sp³-hybridized carbons (Fsp3) is 0.444. The van der Waals surface area contributed by atoms with Gasteiger partial charge in [0.15, 0.2) is 9.84 Å². The fourth-order valence-corrected chi connectivity index (χ4v) is 5.79. The minimum Gasteiger partial charge on any atom is -0.341 e. The molecule has 2 heterocycles. The van der Waals surface area contributed by atoms with Crippen LogP contribution in [0.5, 0.6) is 0 Å². The second-order valence-corrected chi connectivity index (χ2v) is 9.82. The van der Waals surface area contributed by atoms with Crippen LogP contribution in [0.25, 0.3) is 10.9 Å². The lowest BCUT2D eigenvalue weighted by molar-refractivity contribution is -0.128. The fourth-order valence-electron chi connectivity index (χ4n) is 3.13. The van der Waals surface area contributed by atoms with Gasteiger partial charge in [-0.25, -0.2) is 13.4 Å². The molecule has 134 valence electrons. The van der Waals surface area contributed by atoms with E-state index in [1.165, 1.54) is 11.8 Å². The number of para-hydroxylation sites is 1. The predicted molar refractivity (Wildman–Crippen MR) is 102 cm³/mol. The van der Waals surface area contributed by atoms with Crippen molar-refractivity contribution in [3.8, 4) is 0 Å². The summed E-state index contributed by atoms with van der Waals surface area (Å²) in [6.45, 7) is 4.08. The van der Waals surface area contributed by atoms with Crippen molar-refractivity contribution in [2.75, 3.05) is 24.3 Å². The quantitative estimate of drug-likeness (QED) is 0.765. The first-order chi connectivity index (χ1) is 11.8. The third-order valence-corrected chi connectivity index (χ3v) is 7.36. The standard InChI is InChI=1S/C18H22N2O3S2/c1-12-5-4-6-15-13(2)9-16(19-18(12)15)24-10-17(21)20(3)14-7-8-25(22,23)11-14/h4-6,9,14H,7-8,10-11H2,1-3H3/t14-/m0/s1. The molecule has 0 unspecified atom stereocenters. The summed E-state index contributed by atoms with van der Waals surface area (Å²) in [5, 5.41) is 1.95. The molecular weight excluding hydrogens is 356 g/mol. The second kappa shape index (κ2) is 6.96. The minimum atomic E-state index is -2.99. The lowest BCUT2D eigenvalue weighted by atomic mass is 10.1. The van der Waals surface area contributed by atoms with Crippen molar-refractivity contribution in [3.63, 3.8) is 0 Å². The molecule has 0 aliphatic carbocycles. The summed E-state index contributed by atoms with van der Waals surface area (Å²) >= 11 is 1.40. The monoisotopic (exact) mass is 378 g/mol. The van der Waals surface area contributed by atoms with Crippen LogP contribution in [-0.4, -0.2) is 54.6 Å². The maximum Gasteiger partial charge on any atom is 0.233 e. The third kappa shape index (κ3) is 3.98. The Balaban J connectivity index is 1.70. The zero-order valence-corrected chi connectivity index (χ0v) is 16.3. The summed E-state index contributed by atoms with van der Waals surface area (Å²) in [5.74, 6) is 0.452. The van der Waals surface area contributed by atoms with E-state index in [9.17, 15) is 13.2 Å². The van der Waals surface area contributed by atoms with Gasteiger partial charge in [-0.1, -0.05) is 30.0 Å². The Kier molecular flexibility index (Phi) is 5.06. The number of carbonyl (C=O) groups excluding carboxylic acids is 1. The van der Waals surface area contributed by atoms with E-state index in [0.717, 1.165) is 27.1 Å². The Morgan fingerprint density at radius 1 is 1.32 bits per heavy atom. The van der Waals surface area contributed by atoms with E-state index in [1.807, 2.05) is 32.0 Å². The van der Waals surface area contributed by atoms with Crippen molar-refractivity contribution < 1.29 is 13.2 Å². The Morgan fingerprint density at radius 2 is 2.08 bits per heavy atom. The molecule has 1 aliphatic rings. The molecule has 1 fully saturated rings. The molecule has 2 aromatic rings. The molecule has 1 aromatic carbocycles. The smallest absolute Gasteiger partial charge is 0.233 e. The molecule has 25 heavy (non-hydrogen) atoms. The number of fused-ring (bicyclic) bond motifs is 1. The van der Waals surface area contributed by atoms with E-state index in [0.29, 0.717) is 6.42 Å². The molecule has 1 aliphatic heterocycles. The Hall–Kier alpha value is -1.60. The highest BCUT2D eigenvalue weighted by molar-refractivity contribution is 7.99. The first kappa shape index (κ1) is 18.2. The summed E-state index contributed by atoms with van der Waals surface area (Å²) in [7, 11) is -1.30. The zero-order valence-electron chi connectivity index (χ0n) is 14.7. The van der Waals surface area contributed by atoms with Crippen LogP contribution >= 0.6 is 11.8 Å². The van der Waals surface area contributed by atoms with E-state index >= 15 is 0 Å². The topological polar surface area (TPSA) is 67.3 Å². The molecule has 5 nitrogen and oxygen atoms in total. The lowest BCUT2D eigenvalue weighted by Gasteiger charge is -2.23.